The molecule has 0 bridgehead atoms. The lowest BCUT2D eigenvalue weighted by molar-refractivity contribution is 0.0693. The fraction of sp³-hybridized carbons (Fsp3) is 0.273. The molecule has 1 fully saturated rings. The largest absolute Gasteiger partial charge is 0.493 e. The first-order valence-corrected chi connectivity index (χ1v) is 12.4. The number of ether oxygens (including phenoxy) is 2. The van der Waals surface area contributed by atoms with Gasteiger partial charge in [0.15, 0.2) is 11.5 Å². The summed E-state index contributed by atoms with van der Waals surface area (Å²) in [6, 6.07) is 10.7. The first kappa shape index (κ1) is 23.1. The maximum absolute atomic E-state index is 14.0. The number of amides is 1. The zero-order valence-electron chi connectivity index (χ0n) is 18.0. The Bertz CT molecular complexity index is 1270. The van der Waals surface area contributed by atoms with E-state index in [4.69, 9.17) is 9.47 Å². The molecular weight excluding hydrogens is 469 g/mol. The highest BCUT2D eigenvalue weighted by molar-refractivity contribution is 7.89. The van der Waals surface area contributed by atoms with E-state index >= 15 is 0 Å². The van der Waals surface area contributed by atoms with Gasteiger partial charge < -0.3 is 14.4 Å². The summed E-state index contributed by atoms with van der Waals surface area (Å²) in [6.07, 6.45) is 0. The fourth-order valence-electron chi connectivity index (χ4n) is 3.55. The number of hydrogen-bond donors (Lipinski definition) is 0. The molecule has 1 aliphatic rings. The Morgan fingerprint density at radius 2 is 1.73 bits per heavy atom. The van der Waals surface area contributed by atoms with Crippen molar-refractivity contribution in [3.8, 4) is 22.1 Å². The summed E-state index contributed by atoms with van der Waals surface area (Å²) in [5, 5.41) is 2.02. The number of carbonyl (C=O) groups excluding carboxylic acids is 1. The second-order valence-corrected chi connectivity index (χ2v) is 10.0. The Morgan fingerprint density at radius 3 is 2.39 bits per heavy atom. The number of piperazine rings is 1. The molecule has 33 heavy (non-hydrogen) atoms. The van der Waals surface area contributed by atoms with E-state index in [-0.39, 0.29) is 42.7 Å². The number of benzene rings is 2. The van der Waals surface area contributed by atoms with Gasteiger partial charge in [-0.15, -0.1) is 11.3 Å². The van der Waals surface area contributed by atoms with Gasteiger partial charge in [-0.2, -0.15) is 4.31 Å². The summed E-state index contributed by atoms with van der Waals surface area (Å²) < 4.78 is 51.9. The SMILES string of the molecule is COc1ccc(S(=O)(=O)N2CCN(C(=O)c3csc(-c4ccccc4F)n3)CC2)cc1OC. The number of thiazole rings is 1. The molecule has 4 rings (SSSR count). The molecule has 0 spiro atoms. The third-order valence-electron chi connectivity index (χ3n) is 5.35. The topological polar surface area (TPSA) is 89.0 Å². The maximum atomic E-state index is 14.0. The van der Waals surface area contributed by atoms with Gasteiger partial charge in [0.1, 0.15) is 16.5 Å². The minimum Gasteiger partial charge on any atom is -0.493 e. The van der Waals surface area contributed by atoms with Gasteiger partial charge >= 0.3 is 0 Å². The smallest absolute Gasteiger partial charge is 0.273 e. The van der Waals surface area contributed by atoms with Crippen LogP contribution in [0.3, 0.4) is 0 Å². The first-order valence-electron chi connectivity index (χ1n) is 10.1. The number of sulfonamides is 1. The number of rotatable bonds is 6. The van der Waals surface area contributed by atoms with Crippen LogP contribution < -0.4 is 9.47 Å². The molecule has 1 aromatic heterocycles. The van der Waals surface area contributed by atoms with Gasteiger partial charge in [0.2, 0.25) is 10.0 Å². The Kier molecular flexibility index (Phi) is 6.63. The zero-order chi connectivity index (χ0) is 23.6. The molecule has 0 radical (unpaired) electrons. The van der Waals surface area contributed by atoms with Crippen molar-refractivity contribution in [3.05, 3.63) is 59.4 Å². The average Bonchev–Trinajstić information content (AvgIpc) is 3.33. The molecular formula is C22H22FN3O5S2. The van der Waals surface area contributed by atoms with Crippen molar-refractivity contribution in [1.82, 2.24) is 14.2 Å². The van der Waals surface area contributed by atoms with E-state index in [9.17, 15) is 17.6 Å². The quantitative estimate of drug-likeness (QED) is 0.527. The maximum Gasteiger partial charge on any atom is 0.273 e. The molecule has 0 unspecified atom stereocenters. The number of aromatic nitrogens is 1. The van der Waals surface area contributed by atoms with Gasteiger partial charge in [-0.1, -0.05) is 12.1 Å². The Morgan fingerprint density at radius 1 is 1.03 bits per heavy atom. The summed E-state index contributed by atoms with van der Waals surface area (Å²) in [6.45, 7) is 0.731. The number of nitrogens with zero attached hydrogens (tertiary/aromatic N) is 3. The standard InChI is InChI=1S/C22H22FN3O5S2/c1-30-19-8-7-15(13-20(19)31-2)33(28,29)26-11-9-25(10-12-26)22(27)18-14-32-21(24-18)16-5-3-4-6-17(16)23/h3-8,13-14H,9-12H2,1-2H3. The van der Waals surface area contributed by atoms with Gasteiger partial charge in [-0.3, -0.25) is 4.79 Å². The number of methoxy groups -OCH3 is 2. The predicted molar refractivity (Wildman–Crippen MR) is 122 cm³/mol. The second kappa shape index (κ2) is 9.46. The Hall–Kier alpha value is -3.02. The van der Waals surface area contributed by atoms with Gasteiger partial charge in [-0.05, 0) is 24.3 Å². The molecule has 8 nitrogen and oxygen atoms in total. The van der Waals surface area contributed by atoms with Crippen LogP contribution in [0.5, 0.6) is 11.5 Å². The molecule has 0 N–H and O–H groups in total. The van der Waals surface area contributed by atoms with Crippen LogP contribution in [0.25, 0.3) is 10.6 Å². The van der Waals surface area contributed by atoms with Gasteiger partial charge in [0.05, 0.1) is 19.1 Å². The molecule has 1 saturated heterocycles. The van der Waals surface area contributed by atoms with E-state index < -0.39 is 15.8 Å². The third kappa shape index (κ3) is 4.56. The molecule has 1 amide bonds. The van der Waals surface area contributed by atoms with Gasteiger partial charge in [0, 0.05) is 43.2 Å². The predicted octanol–water partition coefficient (Wildman–Crippen LogP) is 3.11. The minimum atomic E-state index is -3.77. The highest BCUT2D eigenvalue weighted by Crippen LogP contribution is 2.31. The molecule has 11 heteroatoms. The van der Waals surface area contributed by atoms with Crippen molar-refractivity contribution in [1.29, 1.82) is 0 Å². The Balaban J connectivity index is 1.45. The number of carbonyl (C=O) groups is 1. The minimum absolute atomic E-state index is 0.0916. The lowest BCUT2D eigenvalue weighted by atomic mass is 10.2. The number of hydrogen-bond acceptors (Lipinski definition) is 7. The molecule has 3 aromatic rings. The molecule has 0 atom stereocenters. The van der Waals surface area contributed by atoms with E-state index in [0.717, 1.165) is 0 Å². The molecule has 174 valence electrons. The van der Waals surface area contributed by atoms with Gasteiger partial charge in [-0.25, -0.2) is 17.8 Å². The summed E-state index contributed by atoms with van der Waals surface area (Å²) in [4.78, 5) is 18.8. The van der Waals surface area contributed by atoms with Crippen molar-refractivity contribution in [3.63, 3.8) is 0 Å². The summed E-state index contributed by atoms with van der Waals surface area (Å²) in [5.41, 5.74) is 0.557. The van der Waals surface area contributed by atoms with E-state index in [1.807, 2.05) is 0 Å². The Labute approximate surface area is 195 Å². The van der Waals surface area contributed by atoms with Crippen LogP contribution in [0.15, 0.2) is 52.7 Å². The van der Waals surface area contributed by atoms with Crippen LogP contribution in [-0.2, 0) is 10.0 Å². The van der Waals surface area contributed by atoms with E-state index in [0.29, 0.717) is 22.1 Å². The summed E-state index contributed by atoms with van der Waals surface area (Å²) >= 11 is 1.19. The van der Waals surface area contributed by atoms with Crippen LogP contribution >= 0.6 is 11.3 Å². The van der Waals surface area contributed by atoms with Crippen molar-refractivity contribution < 1.29 is 27.1 Å². The lowest BCUT2D eigenvalue weighted by Crippen LogP contribution is -2.50. The van der Waals surface area contributed by atoms with E-state index in [2.05, 4.69) is 4.98 Å². The summed E-state index contributed by atoms with van der Waals surface area (Å²) in [7, 11) is -0.850. The van der Waals surface area contributed by atoms with Crippen molar-refractivity contribution in [2.45, 2.75) is 4.90 Å². The highest BCUT2D eigenvalue weighted by atomic mass is 32.2. The van der Waals surface area contributed by atoms with E-state index in [1.54, 1.807) is 34.5 Å². The fourth-order valence-corrected chi connectivity index (χ4v) is 5.81. The van der Waals surface area contributed by atoms with Crippen molar-refractivity contribution in [2.75, 3.05) is 40.4 Å². The zero-order valence-corrected chi connectivity index (χ0v) is 19.7. The highest BCUT2D eigenvalue weighted by Gasteiger charge is 2.31. The third-order valence-corrected chi connectivity index (χ3v) is 8.12. The molecule has 0 aliphatic carbocycles. The normalized spacial score (nSPS) is 14.8. The lowest BCUT2D eigenvalue weighted by Gasteiger charge is -2.33. The summed E-state index contributed by atoms with van der Waals surface area (Å²) in [5.74, 6) is 0.0447. The molecule has 2 heterocycles. The van der Waals surface area contributed by atoms with Crippen molar-refractivity contribution in [2.24, 2.45) is 0 Å². The van der Waals surface area contributed by atoms with Crippen LogP contribution in [-0.4, -0.2) is 68.9 Å². The van der Waals surface area contributed by atoms with E-state index in [1.165, 1.54) is 48.1 Å². The van der Waals surface area contributed by atoms with Gasteiger partial charge in [0.25, 0.3) is 5.91 Å². The second-order valence-electron chi connectivity index (χ2n) is 7.23. The van der Waals surface area contributed by atoms with Crippen LogP contribution in [0, 0.1) is 5.82 Å². The number of halogens is 1. The molecule has 2 aromatic carbocycles. The molecule has 1 aliphatic heterocycles. The average molecular weight is 492 g/mol. The van der Waals surface area contributed by atoms with Crippen LogP contribution in [0.2, 0.25) is 0 Å². The van der Waals surface area contributed by atoms with Crippen LogP contribution in [0.1, 0.15) is 10.5 Å². The first-order chi connectivity index (χ1) is 15.8. The monoisotopic (exact) mass is 491 g/mol. The van der Waals surface area contributed by atoms with Crippen molar-refractivity contribution >= 4 is 27.3 Å². The molecule has 0 saturated carbocycles. The van der Waals surface area contributed by atoms with Crippen LogP contribution in [0.4, 0.5) is 4.39 Å².